The number of carbonyl (C=O) groups is 1. The van der Waals surface area contributed by atoms with E-state index < -0.39 is 15.8 Å². The fourth-order valence-corrected chi connectivity index (χ4v) is 1.70. The Hall–Kier alpha value is -1.57. The number of anilines is 1. The summed E-state index contributed by atoms with van der Waals surface area (Å²) >= 11 is 0. The molecule has 0 saturated carbocycles. The van der Waals surface area contributed by atoms with Gasteiger partial charge in [-0.25, -0.2) is 8.42 Å². The molecule has 1 aromatic heterocycles. The Kier molecular flexibility index (Phi) is 4.50. The first-order valence-electron chi connectivity index (χ1n) is 5.07. The van der Waals surface area contributed by atoms with Crippen LogP contribution >= 0.6 is 0 Å². The zero-order chi connectivity index (χ0) is 12.9. The lowest BCUT2D eigenvalue weighted by Gasteiger charge is -2.04. The quantitative estimate of drug-likeness (QED) is 0.688. The molecule has 2 N–H and O–H groups in total. The van der Waals surface area contributed by atoms with E-state index in [1.165, 1.54) is 17.1 Å². The van der Waals surface area contributed by atoms with Gasteiger partial charge in [0.05, 0.1) is 17.6 Å². The highest BCUT2D eigenvalue weighted by atomic mass is 32.2. The van der Waals surface area contributed by atoms with Gasteiger partial charge in [0.25, 0.3) is 0 Å². The van der Waals surface area contributed by atoms with E-state index in [2.05, 4.69) is 5.10 Å². The molecule has 0 aromatic carbocycles. The van der Waals surface area contributed by atoms with E-state index in [0.717, 1.165) is 0 Å². The smallest absolute Gasteiger partial charge is 0.327 e. The van der Waals surface area contributed by atoms with E-state index in [1.54, 1.807) is 6.92 Å². The second kappa shape index (κ2) is 5.67. The SMILES string of the molecule is CCS(=O)(=O)CCOC(=O)Cn1cc(N)cn1. The van der Waals surface area contributed by atoms with Gasteiger partial charge in [-0.05, 0) is 0 Å². The van der Waals surface area contributed by atoms with Gasteiger partial charge in [0, 0.05) is 11.9 Å². The normalized spacial score (nSPS) is 11.4. The topological polar surface area (TPSA) is 104 Å². The van der Waals surface area contributed by atoms with Crippen LogP contribution in [0, 0.1) is 0 Å². The van der Waals surface area contributed by atoms with Crippen molar-refractivity contribution in [2.45, 2.75) is 13.5 Å². The summed E-state index contributed by atoms with van der Waals surface area (Å²) in [7, 11) is -3.10. The van der Waals surface area contributed by atoms with Gasteiger partial charge in [-0.3, -0.25) is 9.48 Å². The average Bonchev–Trinajstić information content (AvgIpc) is 2.63. The Bertz CT molecular complexity index is 480. The van der Waals surface area contributed by atoms with Crippen LogP contribution in [0.4, 0.5) is 5.69 Å². The zero-order valence-electron chi connectivity index (χ0n) is 9.50. The predicted molar refractivity (Wildman–Crippen MR) is 61.9 cm³/mol. The molecule has 0 amide bonds. The molecule has 1 aromatic rings. The van der Waals surface area contributed by atoms with Gasteiger partial charge in [-0.1, -0.05) is 6.92 Å². The van der Waals surface area contributed by atoms with E-state index in [9.17, 15) is 13.2 Å². The third-order valence-electron chi connectivity index (χ3n) is 2.04. The lowest BCUT2D eigenvalue weighted by atomic mass is 10.6. The fourth-order valence-electron chi connectivity index (χ4n) is 1.07. The summed E-state index contributed by atoms with van der Waals surface area (Å²) in [5.74, 6) is -0.657. The Labute approximate surface area is 99.5 Å². The molecule has 0 unspecified atom stereocenters. The van der Waals surface area contributed by atoms with Gasteiger partial charge >= 0.3 is 5.97 Å². The summed E-state index contributed by atoms with van der Waals surface area (Å²) in [5, 5.41) is 3.80. The number of hydrogen-bond acceptors (Lipinski definition) is 6. The van der Waals surface area contributed by atoms with E-state index in [4.69, 9.17) is 10.5 Å². The monoisotopic (exact) mass is 261 g/mol. The first-order valence-corrected chi connectivity index (χ1v) is 6.89. The van der Waals surface area contributed by atoms with Crippen LogP contribution in [0.3, 0.4) is 0 Å². The van der Waals surface area contributed by atoms with Crippen LogP contribution < -0.4 is 5.73 Å². The van der Waals surface area contributed by atoms with Crippen LogP contribution in [0.2, 0.25) is 0 Å². The predicted octanol–water partition coefficient (Wildman–Crippen LogP) is -0.557. The fraction of sp³-hybridized carbons (Fsp3) is 0.556. The second-order valence-corrected chi connectivity index (χ2v) is 5.90. The van der Waals surface area contributed by atoms with E-state index >= 15 is 0 Å². The minimum Gasteiger partial charge on any atom is -0.463 e. The van der Waals surface area contributed by atoms with Crippen molar-refractivity contribution in [1.29, 1.82) is 0 Å². The van der Waals surface area contributed by atoms with Crippen molar-refractivity contribution in [3.05, 3.63) is 12.4 Å². The first kappa shape index (κ1) is 13.5. The number of nitrogens with two attached hydrogens (primary N) is 1. The second-order valence-electron chi connectivity index (χ2n) is 3.43. The van der Waals surface area contributed by atoms with Gasteiger partial charge in [0.15, 0.2) is 9.84 Å². The summed E-state index contributed by atoms with van der Waals surface area (Å²) < 4.78 is 28.3. The molecule has 0 fully saturated rings. The maximum atomic E-state index is 11.3. The number of nitrogen functional groups attached to an aromatic ring is 1. The molecule has 0 spiro atoms. The minimum atomic E-state index is -3.10. The minimum absolute atomic E-state index is 0.0419. The highest BCUT2D eigenvalue weighted by molar-refractivity contribution is 7.91. The van der Waals surface area contributed by atoms with Gasteiger partial charge in [-0.15, -0.1) is 0 Å². The Morgan fingerprint density at radius 1 is 1.59 bits per heavy atom. The number of carbonyl (C=O) groups excluding carboxylic acids is 1. The molecule has 0 radical (unpaired) electrons. The average molecular weight is 261 g/mol. The maximum absolute atomic E-state index is 11.3. The van der Waals surface area contributed by atoms with E-state index in [-0.39, 0.29) is 24.7 Å². The van der Waals surface area contributed by atoms with Crippen molar-refractivity contribution in [1.82, 2.24) is 9.78 Å². The van der Waals surface area contributed by atoms with Crippen LogP contribution in [-0.4, -0.2) is 42.3 Å². The Morgan fingerprint density at radius 3 is 2.82 bits per heavy atom. The van der Waals surface area contributed by atoms with Crippen LogP contribution in [0.25, 0.3) is 0 Å². The number of esters is 1. The molecule has 0 saturated heterocycles. The number of hydrogen-bond donors (Lipinski definition) is 1. The van der Waals surface area contributed by atoms with E-state index in [1.807, 2.05) is 0 Å². The zero-order valence-corrected chi connectivity index (χ0v) is 10.3. The summed E-state index contributed by atoms with van der Waals surface area (Å²) in [6.07, 6.45) is 2.90. The molecule has 1 heterocycles. The largest absolute Gasteiger partial charge is 0.463 e. The summed E-state index contributed by atoms with van der Waals surface area (Å²) in [5.41, 5.74) is 5.87. The first-order chi connectivity index (χ1) is 7.93. The van der Waals surface area contributed by atoms with Crippen molar-refractivity contribution in [3.8, 4) is 0 Å². The maximum Gasteiger partial charge on any atom is 0.327 e. The summed E-state index contributed by atoms with van der Waals surface area (Å²) in [6, 6.07) is 0. The molecule has 0 bridgehead atoms. The van der Waals surface area contributed by atoms with Crippen LogP contribution in [-0.2, 0) is 25.9 Å². The van der Waals surface area contributed by atoms with Gasteiger partial charge in [0.2, 0.25) is 0 Å². The standard InChI is InChI=1S/C9H15N3O4S/c1-2-17(14,15)4-3-16-9(13)7-12-6-8(10)5-11-12/h5-6H,2-4,7,10H2,1H3. The molecule has 7 nitrogen and oxygen atoms in total. The highest BCUT2D eigenvalue weighted by Crippen LogP contribution is 1.98. The number of aromatic nitrogens is 2. The van der Waals surface area contributed by atoms with Gasteiger partial charge in [0.1, 0.15) is 13.2 Å². The third-order valence-corrected chi connectivity index (χ3v) is 3.71. The van der Waals surface area contributed by atoms with Crippen molar-refractivity contribution in [2.75, 3.05) is 23.8 Å². The molecule has 1 rings (SSSR count). The molecule has 8 heteroatoms. The molecule has 0 aliphatic carbocycles. The van der Waals surface area contributed by atoms with Crippen LogP contribution in [0.15, 0.2) is 12.4 Å². The molecule has 17 heavy (non-hydrogen) atoms. The van der Waals surface area contributed by atoms with Gasteiger partial charge < -0.3 is 10.5 Å². The van der Waals surface area contributed by atoms with E-state index in [0.29, 0.717) is 5.69 Å². The van der Waals surface area contributed by atoms with Crippen LogP contribution in [0.5, 0.6) is 0 Å². The molecule has 0 aliphatic rings. The number of sulfone groups is 1. The number of ether oxygens (including phenoxy) is 1. The van der Waals surface area contributed by atoms with Crippen molar-refractivity contribution in [2.24, 2.45) is 0 Å². The Morgan fingerprint density at radius 2 is 2.29 bits per heavy atom. The lowest BCUT2D eigenvalue weighted by molar-refractivity contribution is -0.143. The highest BCUT2D eigenvalue weighted by Gasteiger charge is 2.10. The molecular weight excluding hydrogens is 246 g/mol. The molecule has 96 valence electrons. The third kappa shape index (κ3) is 4.85. The lowest BCUT2D eigenvalue weighted by Crippen LogP contribution is -2.19. The Balaban J connectivity index is 2.31. The number of rotatable bonds is 6. The molecular formula is C9H15N3O4S. The molecule has 0 atom stereocenters. The summed E-state index contributed by atoms with van der Waals surface area (Å²) in [4.78, 5) is 11.3. The number of nitrogens with zero attached hydrogens (tertiary/aromatic N) is 2. The van der Waals surface area contributed by atoms with Crippen LogP contribution in [0.1, 0.15) is 6.92 Å². The van der Waals surface area contributed by atoms with Crippen molar-refractivity contribution < 1.29 is 17.9 Å². The van der Waals surface area contributed by atoms with Gasteiger partial charge in [-0.2, -0.15) is 5.10 Å². The van der Waals surface area contributed by atoms with Crippen molar-refractivity contribution in [3.63, 3.8) is 0 Å². The summed E-state index contributed by atoms with van der Waals surface area (Å²) in [6.45, 7) is 1.33. The van der Waals surface area contributed by atoms with Crippen molar-refractivity contribution >= 4 is 21.5 Å². The molecule has 0 aliphatic heterocycles.